The molecule has 0 spiro atoms. The van der Waals surface area contributed by atoms with Crippen LogP contribution in [-0.4, -0.2) is 27.2 Å². The van der Waals surface area contributed by atoms with E-state index in [2.05, 4.69) is 38.9 Å². The highest BCUT2D eigenvalue weighted by molar-refractivity contribution is 5.61. The molecule has 2 aromatic rings. The first-order chi connectivity index (χ1) is 8.40. The van der Waals surface area contributed by atoms with E-state index in [1.165, 1.54) is 19.3 Å². The van der Waals surface area contributed by atoms with Crippen LogP contribution < -0.4 is 5.32 Å². The summed E-state index contributed by atoms with van der Waals surface area (Å²) >= 11 is 0. The average molecular weight is 231 g/mol. The second-order valence-corrected chi connectivity index (χ2v) is 3.95. The molecule has 1 heterocycles. The third-order valence-electron chi connectivity index (χ3n) is 2.58. The highest BCUT2D eigenvalue weighted by Gasteiger charge is 2.02. The zero-order chi connectivity index (χ0) is 11.9. The molecule has 0 aliphatic heterocycles. The van der Waals surface area contributed by atoms with E-state index in [9.17, 15) is 0 Å². The Morgan fingerprint density at radius 3 is 3.00 bits per heavy atom. The van der Waals surface area contributed by atoms with E-state index < -0.39 is 0 Å². The number of hydrogen-bond acceptors (Lipinski definition) is 4. The molecule has 0 radical (unpaired) electrons. The predicted octanol–water partition coefficient (Wildman–Crippen LogP) is 2.47. The van der Waals surface area contributed by atoms with Crippen molar-refractivity contribution in [3.63, 3.8) is 0 Å². The van der Waals surface area contributed by atoms with Gasteiger partial charge in [-0.2, -0.15) is 5.21 Å². The lowest BCUT2D eigenvalue weighted by atomic mass is 10.2. The SMILES string of the molecule is CCCCCNc1cccc(-c2nn[nH]n2)c1. The van der Waals surface area contributed by atoms with Crippen molar-refractivity contribution < 1.29 is 0 Å². The Labute approximate surface area is 101 Å². The largest absolute Gasteiger partial charge is 0.385 e. The van der Waals surface area contributed by atoms with E-state index in [-0.39, 0.29) is 0 Å². The van der Waals surface area contributed by atoms with E-state index in [0.29, 0.717) is 5.82 Å². The Balaban J connectivity index is 1.97. The molecule has 1 aromatic heterocycles. The normalized spacial score (nSPS) is 10.4. The van der Waals surface area contributed by atoms with Gasteiger partial charge in [-0.25, -0.2) is 0 Å². The van der Waals surface area contributed by atoms with Crippen LogP contribution in [0.4, 0.5) is 5.69 Å². The van der Waals surface area contributed by atoms with Crippen LogP contribution in [-0.2, 0) is 0 Å². The molecular weight excluding hydrogens is 214 g/mol. The monoisotopic (exact) mass is 231 g/mol. The third-order valence-corrected chi connectivity index (χ3v) is 2.58. The fourth-order valence-electron chi connectivity index (χ4n) is 1.66. The molecule has 0 amide bonds. The molecule has 2 N–H and O–H groups in total. The van der Waals surface area contributed by atoms with Crippen LogP contribution in [0.2, 0.25) is 0 Å². The predicted molar refractivity (Wildman–Crippen MR) is 67.6 cm³/mol. The highest BCUT2D eigenvalue weighted by Crippen LogP contribution is 2.18. The van der Waals surface area contributed by atoms with Crippen LogP contribution in [0.1, 0.15) is 26.2 Å². The summed E-state index contributed by atoms with van der Waals surface area (Å²) in [5.74, 6) is 0.627. The van der Waals surface area contributed by atoms with Crippen LogP contribution in [0.5, 0.6) is 0 Å². The van der Waals surface area contributed by atoms with Crippen molar-refractivity contribution in [3.05, 3.63) is 24.3 Å². The van der Waals surface area contributed by atoms with Gasteiger partial charge in [-0.3, -0.25) is 0 Å². The fraction of sp³-hybridized carbons (Fsp3) is 0.417. The zero-order valence-corrected chi connectivity index (χ0v) is 9.98. The third kappa shape index (κ3) is 3.27. The van der Waals surface area contributed by atoms with Gasteiger partial charge in [0.25, 0.3) is 0 Å². The molecule has 0 saturated carbocycles. The summed E-state index contributed by atoms with van der Waals surface area (Å²) in [5.41, 5.74) is 2.07. The van der Waals surface area contributed by atoms with E-state index in [4.69, 9.17) is 0 Å². The molecule has 5 nitrogen and oxygen atoms in total. The number of hydrogen-bond donors (Lipinski definition) is 2. The summed E-state index contributed by atoms with van der Waals surface area (Å²) in [6.45, 7) is 3.21. The number of anilines is 1. The maximum Gasteiger partial charge on any atom is 0.204 e. The van der Waals surface area contributed by atoms with Gasteiger partial charge in [0.1, 0.15) is 0 Å². The lowest BCUT2D eigenvalue weighted by Gasteiger charge is -2.06. The first kappa shape index (κ1) is 11.6. The summed E-state index contributed by atoms with van der Waals surface area (Å²) in [4.78, 5) is 0. The molecule has 2 rings (SSSR count). The van der Waals surface area contributed by atoms with Gasteiger partial charge in [-0.15, -0.1) is 10.2 Å². The number of aromatic nitrogens is 4. The van der Waals surface area contributed by atoms with Crippen molar-refractivity contribution >= 4 is 5.69 Å². The van der Waals surface area contributed by atoms with Crippen molar-refractivity contribution in [1.29, 1.82) is 0 Å². The highest BCUT2D eigenvalue weighted by atomic mass is 15.5. The summed E-state index contributed by atoms with van der Waals surface area (Å²) in [6, 6.07) is 8.06. The molecule has 5 heteroatoms. The number of rotatable bonds is 6. The van der Waals surface area contributed by atoms with Gasteiger partial charge in [0.2, 0.25) is 5.82 Å². The van der Waals surface area contributed by atoms with Gasteiger partial charge < -0.3 is 5.32 Å². The molecule has 0 aliphatic rings. The minimum absolute atomic E-state index is 0.627. The molecule has 0 unspecified atom stereocenters. The number of tetrazole rings is 1. The standard InChI is InChI=1S/C12H17N5/c1-2-3-4-8-13-11-7-5-6-10(9-11)12-14-16-17-15-12/h5-7,9,13H,2-4,8H2,1H3,(H,14,15,16,17). The van der Waals surface area contributed by atoms with Gasteiger partial charge in [-0.05, 0) is 23.8 Å². The molecule has 0 saturated heterocycles. The molecular formula is C12H17N5. The van der Waals surface area contributed by atoms with Crippen molar-refractivity contribution in [1.82, 2.24) is 20.6 Å². The van der Waals surface area contributed by atoms with Crippen LogP contribution in [0.15, 0.2) is 24.3 Å². The number of H-pyrrole nitrogens is 1. The quantitative estimate of drug-likeness (QED) is 0.749. The Kier molecular flexibility index (Phi) is 4.07. The van der Waals surface area contributed by atoms with Crippen LogP contribution in [0.25, 0.3) is 11.4 Å². The van der Waals surface area contributed by atoms with Gasteiger partial charge >= 0.3 is 0 Å². The molecule has 90 valence electrons. The molecule has 0 aliphatic carbocycles. The van der Waals surface area contributed by atoms with Crippen molar-refractivity contribution in [2.24, 2.45) is 0 Å². The lowest BCUT2D eigenvalue weighted by molar-refractivity contribution is 0.744. The first-order valence-electron chi connectivity index (χ1n) is 5.98. The summed E-state index contributed by atoms with van der Waals surface area (Å²) < 4.78 is 0. The minimum Gasteiger partial charge on any atom is -0.385 e. The average Bonchev–Trinajstić information content (AvgIpc) is 2.89. The maximum atomic E-state index is 3.96. The summed E-state index contributed by atoms with van der Waals surface area (Å²) in [7, 11) is 0. The molecule has 0 bridgehead atoms. The van der Waals surface area contributed by atoms with Crippen molar-refractivity contribution in [3.8, 4) is 11.4 Å². The van der Waals surface area contributed by atoms with Crippen molar-refractivity contribution in [2.45, 2.75) is 26.2 Å². The number of nitrogens with one attached hydrogen (secondary N) is 2. The second-order valence-electron chi connectivity index (χ2n) is 3.95. The molecule has 1 aromatic carbocycles. The van der Waals surface area contributed by atoms with Crippen LogP contribution >= 0.6 is 0 Å². The number of nitrogens with zero attached hydrogens (tertiary/aromatic N) is 3. The van der Waals surface area contributed by atoms with Gasteiger partial charge in [-0.1, -0.05) is 31.9 Å². The minimum atomic E-state index is 0.627. The van der Waals surface area contributed by atoms with Gasteiger partial charge in [0.05, 0.1) is 0 Å². The van der Waals surface area contributed by atoms with Crippen LogP contribution in [0.3, 0.4) is 0 Å². The first-order valence-corrected chi connectivity index (χ1v) is 5.98. The van der Waals surface area contributed by atoms with Crippen molar-refractivity contribution in [2.75, 3.05) is 11.9 Å². The number of aromatic amines is 1. The summed E-state index contributed by atoms with van der Waals surface area (Å²) in [5, 5.41) is 17.3. The van der Waals surface area contributed by atoms with E-state index in [1.54, 1.807) is 0 Å². The smallest absolute Gasteiger partial charge is 0.204 e. The molecule has 17 heavy (non-hydrogen) atoms. The molecule has 0 atom stereocenters. The van der Waals surface area contributed by atoms with Gasteiger partial charge in [0, 0.05) is 17.8 Å². The number of benzene rings is 1. The number of unbranched alkanes of at least 4 members (excludes halogenated alkanes) is 2. The zero-order valence-electron chi connectivity index (χ0n) is 9.98. The Hall–Kier alpha value is -1.91. The van der Waals surface area contributed by atoms with E-state index >= 15 is 0 Å². The maximum absolute atomic E-state index is 3.96. The van der Waals surface area contributed by atoms with E-state index in [1.807, 2.05) is 18.2 Å². The summed E-state index contributed by atoms with van der Waals surface area (Å²) in [6.07, 6.45) is 3.70. The Bertz CT molecular complexity index is 438. The van der Waals surface area contributed by atoms with Gasteiger partial charge in [0.15, 0.2) is 0 Å². The topological polar surface area (TPSA) is 66.5 Å². The Morgan fingerprint density at radius 2 is 2.24 bits per heavy atom. The lowest BCUT2D eigenvalue weighted by Crippen LogP contribution is -2.01. The molecule has 0 fully saturated rings. The Morgan fingerprint density at radius 1 is 1.29 bits per heavy atom. The fourth-order valence-corrected chi connectivity index (χ4v) is 1.66. The van der Waals surface area contributed by atoms with E-state index in [0.717, 1.165) is 17.8 Å². The second kappa shape index (κ2) is 5.98. The van der Waals surface area contributed by atoms with Crippen LogP contribution in [0, 0.1) is 0 Å².